The lowest BCUT2D eigenvalue weighted by atomic mass is 10.0. The molecule has 1 saturated heterocycles. The topological polar surface area (TPSA) is 153 Å². The molecule has 3 N–H and O–H groups in total. The number of aryl methyl sites for hydroxylation is 1. The third-order valence-electron chi connectivity index (χ3n) is 7.25. The highest BCUT2D eigenvalue weighted by Crippen LogP contribution is 2.46. The minimum atomic E-state index is -4.24. The third-order valence-corrected chi connectivity index (χ3v) is 9.30. The van der Waals surface area contributed by atoms with Crippen LogP contribution < -0.4 is 10.6 Å². The molecule has 0 aromatic heterocycles. The van der Waals surface area contributed by atoms with Crippen molar-refractivity contribution in [2.75, 3.05) is 12.8 Å². The summed E-state index contributed by atoms with van der Waals surface area (Å²) in [5.74, 6) is -3.05. The van der Waals surface area contributed by atoms with E-state index >= 15 is 0 Å². The van der Waals surface area contributed by atoms with Crippen molar-refractivity contribution in [3.8, 4) is 0 Å². The second-order valence-corrected chi connectivity index (χ2v) is 13.7. The third kappa shape index (κ3) is 10.4. The Labute approximate surface area is 242 Å². The van der Waals surface area contributed by atoms with Gasteiger partial charge in [-0.3, -0.25) is 28.5 Å². The lowest BCUT2D eigenvalue weighted by Crippen LogP contribution is -2.53. The fourth-order valence-electron chi connectivity index (χ4n) is 4.83. The average molecular weight is 592 g/mol. The van der Waals surface area contributed by atoms with Crippen molar-refractivity contribution < 1.29 is 33.4 Å². The number of amides is 4. The van der Waals surface area contributed by atoms with Crippen molar-refractivity contribution in [1.82, 2.24) is 20.4 Å². The van der Waals surface area contributed by atoms with Crippen LogP contribution in [0.3, 0.4) is 0 Å². The summed E-state index contributed by atoms with van der Waals surface area (Å²) in [4.78, 5) is 75.9. The minimum absolute atomic E-state index is 0.0273. The van der Waals surface area contributed by atoms with Crippen LogP contribution in [0.5, 0.6) is 0 Å². The van der Waals surface area contributed by atoms with E-state index in [1.54, 1.807) is 0 Å². The molecule has 1 aliphatic heterocycles. The summed E-state index contributed by atoms with van der Waals surface area (Å²) in [6, 6.07) is 6.91. The molecule has 1 heterocycles. The predicted molar refractivity (Wildman–Crippen MR) is 155 cm³/mol. The van der Waals surface area contributed by atoms with E-state index in [-0.39, 0.29) is 24.7 Å². The first-order chi connectivity index (χ1) is 19.3. The Morgan fingerprint density at radius 1 is 1.12 bits per heavy atom. The van der Waals surface area contributed by atoms with Gasteiger partial charge in [0.2, 0.25) is 37.3 Å². The second kappa shape index (κ2) is 15.8. The van der Waals surface area contributed by atoms with Crippen molar-refractivity contribution in [2.24, 2.45) is 5.92 Å². The molecule has 0 aliphatic carbocycles. The zero-order chi connectivity index (χ0) is 30.7. The van der Waals surface area contributed by atoms with Gasteiger partial charge >= 0.3 is 0 Å². The Hall–Kier alpha value is -3.04. The summed E-state index contributed by atoms with van der Waals surface area (Å²) < 4.78 is 13.4. The SMILES string of the molecule is CC(=O)N1CCC[C@H]1C(=O)N[C@@H](C)C(=O)N[C@@H](C)P(=O)(O)CN(C(=O)CCCc1ccccc1)[C@H]([C]=O)CC(C)C. The number of carbonyl (C=O) groups excluding carboxylic acids is 5. The first kappa shape index (κ1) is 34.2. The van der Waals surface area contributed by atoms with Crippen LogP contribution in [-0.2, 0) is 35.0 Å². The highest BCUT2D eigenvalue weighted by atomic mass is 31.2. The zero-order valence-electron chi connectivity index (χ0n) is 24.7. The molecular formula is C29H44N4O7P. The molecule has 1 fully saturated rings. The molecule has 1 aromatic rings. The zero-order valence-corrected chi connectivity index (χ0v) is 25.6. The minimum Gasteiger partial charge on any atom is -0.343 e. The quantitative estimate of drug-likeness (QED) is 0.265. The Balaban J connectivity index is 2.05. The van der Waals surface area contributed by atoms with Crippen molar-refractivity contribution in [2.45, 2.75) is 97.1 Å². The van der Waals surface area contributed by atoms with Gasteiger partial charge in [-0.1, -0.05) is 44.2 Å². The molecule has 12 heteroatoms. The molecule has 1 unspecified atom stereocenters. The molecule has 11 nitrogen and oxygen atoms in total. The Bertz CT molecular complexity index is 1110. The molecule has 2 rings (SSSR count). The number of likely N-dealkylation sites (tertiary alicyclic amines) is 1. The van der Waals surface area contributed by atoms with Crippen molar-refractivity contribution in [3.05, 3.63) is 35.9 Å². The molecule has 1 aromatic carbocycles. The van der Waals surface area contributed by atoms with E-state index in [1.165, 1.54) is 25.7 Å². The van der Waals surface area contributed by atoms with E-state index in [9.17, 15) is 33.4 Å². The van der Waals surface area contributed by atoms with E-state index in [1.807, 2.05) is 50.5 Å². The van der Waals surface area contributed by atoms with Crippen molar-refractivity contribution in [3.63, 3.8) is 0 Å². The maximum atomic E-state index is 13.4. The normalized spacial score (nSPS) is 18.6. The van der Waals surface area contributed by atoms with E-state index in [4.69, 9.17) is 0 Å². The van der Waals surface area contributed by atoms with Crippen LogP contribution in [0.15, 0.2) is 30.3 Å². The van der Waals surface area contributed by atoms with Crippen LogP contribution in [0, 0.1) is 5.92 Å². The average Bonchev–Trinajstić information content (AvgIpc) is 3.41. The standard InChI is InChI=1S/C29H44N4O7P/c1-20(2)17-25(18-34)33(27(36)15-9-13-24-11-7-6-8-12-24)19-41(39,40)22(4)31-28(37)21(3)30-29(38)26-14-10-16-32(26)23(5)35/h6-8,11-12,20-22,25-26H,9-10,13-17,19H2,1-5H3,(H,30,38)(H,31,37)(H,39,40)/t21-,22+,25-,26-/m0/s1. The van der Waals surface area contributed by atoms with Gasteiger partial charge in [0.05, 0.1) is 12.3 Å². The monoisotopic (exact) mass is 591 g/mol. The molecule has 0 saturated carbocycles. The van der Waals surface area contributed by atoms with E-state index in [2.05, 4.69) is 10.6 Å². The van der Waals surface area contributed by atoms with Crippen molar-refractivity contribution in [1.29, 1.82) is 0 Å². The maximum Gasteiger partial charge on any atom is 0.243 e. The van der Waals surface area contributed by atoms with Crippen molar-refractivity contribution >= 4 is 37.3 Å². The van der Waals surface area contributed by atoms with Gasteiger partial charge in [-0.25, -0.2) is 0 Å². The summed E-state index contributed by atoms with van der Waals surface area (Å²) in [6.45, 7) is 8.39. The van der Waals surface area contributed by atoms with Crippen LogP contribution in [0.4, 0.5) is 0 Å². The first-order valence-electron chi connectivity index (χ1n) is 14.2. The molecule has 4 amide bonds. The van der Waals surface area contributed by atoms with E-state index < -0.39 is 55.3 Å². The number of hydrogen-bond acceptors (Lipinski definition) is 6. The number of benzene rings is 1. The largest absolute Gasteiger partial charge is 0.343 e. The second-order valence-electron chi connectivity index (χ2n) is 11.1. The fraction of sp³-hybridized carbons (Fsp3) is 0.621. The lowest BCUT2D eigenvalue weighted by molar-refractivity contribution is -0.138. The van der Waals surface area contributed by atoms with Gasteiger partial charge in [0.25, 0.3) is 0 Å². The number of hydrogen-bond donors (Lipinski definition) is 3. The number of carbonyl (C=O) groups is 4. The van der Waals surface area contributed by atoms with Crippen LogP contribution in [0.1, 0.15) is 72.3 Å². The summed E-state index contributed by atoms with van der Waals surface area (Å²) in [7, 11) is -4.24. The maximum absolute atomic E-state index is 13.4. The van der Waals surface area contributed by atoms with E-state index in [0.29, 0.717) is 32.2 Å². The van der Waals surface area contributed by atoms with Crippen LogP contribution in [0.2, 0.25) is 0 Å². The first-order valence-corrected chi connectivity index (χ1v) is 16.1. The summed E-state index contributed by atoms with van der Waals surface area (Å²) in [5, 5.41) is 5.05. The van der Waals surface area contributed by atoms with Gasteiger partial charge in [-0.15, -0.1) is 0 Å². The van der Waals surface area contributed by atoms with Gasteiger partial charge in [-0.05, 0) is 57.4 Å². The van der Waals surface area contributed by atoms with E-state index in [0.717, 1.165) is 10.5 Å². The summed E-state index contributed by atoms with van der Waals surface area (Å²) in [6.07, 6.45) is 3.89. The van der Waals surface area contributed by atoms with Gasteiger partial charge in [-0.2, -0.15) is 0 Å². The molecule has 0 bridgehead atoms. The number of nitrogens with zero attached hydrogens (tertiary/aromatic N) is 2. The van der Waals surface area contributed by atoms with Gasteiger partial charge in [0.1, 0.15) is 17.9 Å². The Morgan fingerprint density at radius 2 is 1.78 bits per heavy atom. The van der Waals surface area contributed by atoms with Crippen LogP contribution in [-0.4, -0.2) is 81.3 Å². The highest BCUT2D eigenvalue weighted by molar-refractivity contribution is 7.58. The van der Waals surface area contributed by atoms with Crippen LogP contribution >= 0.6 is 7.37 Å². The number of rotatable bonds is 15. The molecule has 41 heavy (non-hydrogen) atoms. The number of nitrogens with one attached hydrogen (secondary N) is 2. The van der Waals surface area contributed by atoms with Gasteiger partial charge < -0.3 is 25.3 Å². The molecule has 1 aliphatic rings. The smallest absolute Gasteiger partial charge is 0.243 e. The van der Waals surface area contributed by atoms with Crippen LogP contribution in [0.25, 0.3) is 0 Å². The lowest BCUT2D eigenvalue weighted by Gasteiger charge is -2.33. The van der Waals surface area contributed by atoms with Gasteiger partial charge in [0, 0.05) is 19.9 Å². The Morgan fingerprint density at radius 3 is 2.37 bits per heavy atom. The predicted octanol–water partition coefficient (Wildman–Crippen LogP) is 2.57. The molecule has 5 atom stereocenters. The summed E-state index contributed by atoms with van der Waals surface area (Å²) >= 11 is 0. The molecular weight excluding hydrogens is 547 g/mol. The molecule has 0 spiro atoms. The highest BCUT2D eigenvalue weighted by Gasteiger charge is 2.38. The summed E-state index contributed by atoms with van der Waals surface area (Å²) in [5.41, 5.74) is 1.06. The molecule has 227 valence electrons. The van der Waals surface area contributed by atoms with Gasteiger partial charge in [0.15, 0.2) is 0 Å². The molecule has 1 radical (unpaired) electrons. The Kier molecular flexibility index (Phi) is 13.2. The fourth-order valence-corrected chi connectivity index (χ4v) is 6.20.